The van der Waals surface area contributed by atoms with Gasteiger partial charge in [0, 0.05) is 5.71 Å². The van der Waals surface area contributed by atoms with Crippen molar-refractivity contribution in [2.24, 2.45) is 10.9 Å². The zero-order chi connectivity index (χ0) is 12.7. The van der Waals surface area contributed by atoms with Gasteiger partial charge in [-0.3, -0.25) is 4.99 Å². The highest BCUT2D eigenvalue weighted by Gasteiger charge is 2.11. The van der Waals surface area contributed by atoms with Gasteiger partial charge in [-0.1, -0.05) is 63.6 Å². The third-order valence-corrected chi connectivity index (χ3v) is 2.74. The Kier molecular flexibility index (Phi) is 5.68. The molecular formula is C16H23N. The fourth-order valence-corrected chi connectivity index (χ4v) is 1.60. The maximum atomic E-state index is 4.61. The van der Waals surface area contributed by atoms with Gasteiger partial charge in [0.1, 0.15) is 0 Å². The third-order valence-electron chi connectivity index (χ3n) is 2.74. The summed E-state index contributed by atoms with van der Waals surface area (Å²) in [5.41, 5.74) is 3.59. The number of rotatable bonds is 1. The molecule has 17 heavy (non-hydrogen) atoms. The number of hydrogen-bond acceptors (Lipinski definition) is 1. The Morgan fingerprint density at radius 1 is 1.18 bits per heavy atom. The van der Waals surface area contributed by atoms with Crippen molar-refractivity contribution in [2.75, 3.05) is 0 Å². The Balaban J connectivity index is 0.000000437. The minimum Gasteiger partial charge on any atom is -0.258 e. The first-order valence-electron chi connectivity index (χ1n) is 6.49. The molecule has 0 saturated carbocycles. The first-order chi connectivity index (χ1) is 8.19. The molecular weight excluding hydrogens is 206 g/mol. The highest BCUT2D eigenvalue weighted by atomic mass is 14.8. The highest BCUT2D eigenvalue weighted by molar-refractivity contribution is 5.91. The van der Waals surface area contributed by atoms with Crippen LogP contribution in [0.3, 0.4) is 0 Å². The van der Waals surface area contributed by atoms with Crippen LogP contribution in [0.2, 0.25) is 0 Å². The van der Waals surface area contributed by atoms with E-state index in [9.17, 15) is 0 Å². The normalized spacial score (nSPS) is 18.7. The maximum absolute atomic E-state index is 4.61. The average molecular weight is 229 g/mol. The second-order valence-electron chi connectivity index (χ2n) is 4.55. The number of hydrogen-bond donors (Lipinski definition) is 0. The van der Waals surface area contributed by atoms with Crippen LogP contribution in [0.4, 0.5) is 0 Å². The Labute approximate surface area is 105 Å². The van der Waals surface area contributed by atoms with E-state index in [0.29, 0.717) is 5.92 Å². The Hall–Kier alpha value is -1.37. The summed E-state index contributed by atoms with van der Waals surface area (Å²) in [6.07, 6.45) is 4.59. The molecule has 0 radical (unpaired) electrons. The van der Waals surface area contributed by atoms with E-state index >= 15 is 0 Å². The van der Waals surface area contributed by atoms with Gasteiger partial charge >= 0.3 is 0 Å². The molecule has 1 atom stereocenters. The molecule has 1 aromatic carbocycles. The summed E-state index contributed by atoms with van der Waals surface area (Å²) in [6, 6.07) is 10.4. The quantitative estimate of drug-likeness (QED) is 0.646. The van der Waals surface area contributed by atoms with Crippen molar-refractivity contribution in [1.29, 1.82) is 0 Å². The summed E-state index contributed by atoms with van der Waals surface area (Å²) < 4.78 is 0. The van der Waals surface area contributed by atoms with Crippen LogP contribution in [0.15, 0.2) is 41.4 Å². The summed E-state index contributed by atoms with van der Waals surface area (Å²) in [5, 5.41) is 0. The summed E-state index contributed by atoms with van der Waals surface area (Å²) in [6.45, 7) is 8.58. The molecule has 1 unspecified atom stereocenters. The lowest BCUT2D eigenvalue weighted by Crippen LogP contribution is -2.09. The van der Waals surface area contributed by atoms with Crippen LogP contribution in [0.5, 0.6) is 0 Å². The number of aliphatic imine (C=N–C) groups is 1. The molecule has 0 spiro atoms. The van der Waals surface area contributed by atoms with Crippen molar-refractivity contribution < 1.29 is 0 Å². The zero-order valence-electron chi connectivity index (χ0n) is 11.4. The Morgan fingerprint density at radius 2 is 1.76 bits per heavy atom. The van der Waals surface area contributed by atoms with Crippen molar-refractivity contribution in [1.82, 2.24) is 0 Å². The molecule has 0 amide bonds. The van der Waals surface area contributed by atoms with Gasteiger partial charge in [-0.15, -0.1) is 0 Å². The first kappa shape index (κ1) is 13.7. The Bertz CT molecular complexity index is 387. The SMILES string of the molecule is CC1=NC(c2ccccc2)=CCC1C.CCC. The lowest BCUT2D eigenvalue weighted by atomic mass is 9.97. The molecule has 1 aromatic rings. The van der Waals surface area contributed by atoms with Gasteiger partial charge in [-0.05, 0) is 24.8 Å². The first-order valence-corrected chi connectivity index (χ1v) is 6.49. The molecule has 1 nitrogen and oxygen atoms in total. The monoisotopic (exact) mass is 229 g/mol. The molecule has 0 N–H and O–H groups in total. The molecule has 1 aliphatic heterocycles. The summed E-state index contributed by atoms with van der Waals surface area (Å²) in [5.74, 6) is 0.600. The minimum atomic E-state index is 0.600. The summed E-state index contributed by atoms with van der Waals surface area (Å²) >= 11 is 0. The predicted octanol–water partition coefficient (Wildman–Crippen LogP) is 4.94. The number of benzene rings is 1. The number of allylic oxidation sites excluding steroid dienone is 1. The van der Waals surface area contributed by atoms with Crippen LogP contribution in [-0.4, -0.2) is 5.71 Å². The molecule has 1 aliphatic rings. The standard InChI is InChI=1S/C13H15N.C3H8/c1-10-8-9-13(14-11(10)2)12-6-4-3-5-7-12;1-3-2/h3-7,9-10H,8H2,1-2H3;3H2,1-2H3. The van der Waals surface area contributed by atoms with E-state index in [1.54, 1.807) is 0 Å². The molecule has 0 aromatic heterocycles. The molecule has 0 saturated heterocycles. The lowest BCUT2D eigenvalue weighted by molar-refractivity contribution is 0.776. The van der Waals surface area contributed by atoms with Crippen LogP contribution in [0.25, 0.3) is 5.70 Å². The van der Waals surface area contributed by atoms with Crippen molar-refractivity contribution >= 4 is 11.4 Å². The van der Waals surface area contributed by atoms with Crippen LogP contribution >= 0.6 is 0 Å². The van der Waals surface area contributed by atoms with E-state index in [1.807, 2.05) is 6.07 Å². The summed E-state index contributed by atoms with van der Waals surface area (Å²) in [4.78, 5) is 4.61. The zero-order valence-corrected chi connectivity index (χ0v) is 11.4. The maximum Gasteiger partial charge on any atom is 0.0661 e. The molecule has 1 heterocycles. The van der Waals surface area contributed by atoms with Crippen molar-refractivity contribution in [3.8, 4) is 0 Å². The van der Waals surface area contributed by atoms with E-state index in [0.717, 1.165) is 12.1 Å². The van der Waals surface area contributed by atoms with Crippen molar-refractivity contribution in [3.05, 3.63) is 42.0 Å². The second-order valence-corrected chi connectivity index (χ2v) is 4.55. The van der Waals surface area contributed by atoms with E-state index in [4.69, 9.17) is 0 Å². The Morgan fingerprint density at radius 3 is 2.29 bits per heavy atom. The third kappa shape index (κ3) is 4.18. The predicted molar refractivity (Wildman–Crippen MR) is 77.3 cm³/mol. The van der Waals surface area contributed by atoms with Crippen LogP contribution in [-0.2, 0) is 0 Å². The second kappa shape index (κ2) is 7.05. The van der Waals surface area contributed by atoms with E-state index in [2.05, 4.69) is 63.0 Å². The highest BCUT2D eigenvalue weighted by Crippen LogP contribution is 2.24. The fourth-order valence-electron chi connectivity index (χ4n) is 1.60. The van der Waals surface area contributed by atoms with Crippen LogP contribution in [0, 0.1) is 5.92 Å². The van der Waals surface area contributed by atoms with Gasteiger partial charge in [0.2, 0.25) is 0 Å². The molecule has 0 aliphatic carbocycles. The molecule has 0 bridgehead atoms. The summed E-state index contributed by atoms with van der Waals surface area (Å²) in [7, 11) is 0. The average Bonchev–Trinajstić information content (AvgIpc) is 2.35. The van der Waals surface area contributed by atoms with Crippen LogP contribution in [0.1, 0.15) is 46.1 Å². The molecule has 92 valence electrons. The van der Waals surface area contributed by atoms with E-state index in [-0.39, 0.29) is 0 Å². The number of nitrogens with zero attached hydrogens (tertiary/aromatic N) is 1. The van der Waals surface area contributed by atoms with Gasteiger partial charge in [-0.25, -0.2) is 0 Å². The largest absolute Gasteiger partial charge is 0.258 e. The molecule has 0 fully saturated rings. The van der Waals surface area contributed by atoms with Gasteiger partial charge in [-0.2, -0.15) is 0 Å². The van der Waals surface area contributed by atoms with Crippen molar-refractivity contribution in [2.45, 2.75) is 40.5 Å². The van der Waals surface area contributed by atoms with E-state index in [1.165, 1.54) is 17.7 Å². The molecule has 1 heteroatoms. The van der Waals surface area contributed by atoms with E-state index < -0.39 is 0 Å². The smallest absolute Gasteiger partial charge is 0.0661 e. The minimum absolute atomic E-state index is 0.600. The van der Waals surface area contributed by atoms with Crippen molar-refractivity contribution in [3.63, 3.8) is 0 Å². The van der Waals surface area contributed by atoms with Gasteiger partial charge < -0.3 is 0 Å². The molecule has 2 rings (SSSR count). The van der Waals surface area contributed by atoms with Gasteiger partial charge in [0.15, 0.2) is 0 Å². The topological polar surface area (TPSA) is 12.4 Å². The lowest BCUT2D eigenvalue weighted by Gasteiger charge is -2.16. The van der Waals surface area contributed by atoms with Gasteiger partial charge in [0.05, 0.1) is 5.70 Å². The fraction of sp³-hybridized carbons (Fsp3) is 0.438. The van der Waals surface area contributed by atoms with Gasteiger partial charge in [0.25, 0.3) is 0 Å². The van der Waals surface area contributed by atoms with Crippen LogP contribution < -0.4 is 0 Å².